The molecule has 0 radical (unpaired) electrons. The summed E-state index contributed by atoms with van der Waals surface area (Å²) in [5.74, 6) is -0.210. The van der Waals surface area contributed by atoms with E-state index in [0.29, 0.717) is 17.9 Å². The summed E-state index contributed by atoms with van der Waals surface area (Å²) in [6, 6.07) is 16.3. The Labute approximate surface area is 239 Å². The summed E-state index contributed by atoms with van der Waals surface area (Å²) in [6.07, 6.45) is 0.892. The first-order valence-electron chi connectivity index (χ1n) is 14.2. The Morgan fingerprint density at radius 3 is 2.27 bits per heavy atom. The smallest absolute Gasteiger partial charge is 0.337 e. The largest absolute Gasteiger partial charge is 0.489 e. The number of carboxylic acids is 1. The lowest BCUT2D eigenvalue weighted by Crippen LogP contribution is -2.39. The van der Waals surface area contributed by atoms with E-state index in [1.807, 2.05) is 59.7 Å². The summed E-state index contributed by atoms with van der Waals surface area (Å²) in [5, 5.41) is 10.4. The molecule has 214 valence electrons. The monoisotopic (exact) mass is 544 g/mol. The molecule has 1 aromatic heterocycles. The molecule has 6 nitrogen and oxygen atoms in total. The third kappa shape index (κ3) is 6.84. The number of piperidine rings is 1. The van der Waals surface area contributed by atoms with Crippen LogP contribution in [0.1, 0.15) is 81.6 Å². The minimum absolute atomic E-state index is 0.240. The average molecular weight is 545 g/mol. The van der Waals surface area contributed by atoms with Crippen molar-refractivity contribution >= 4 is 11.7 Å². The predicted molar refractivity (Wildman–Crippen MR) is 161 cm³/mol. The summed E-state index contributed by atoms with van der Waals surface area (Å²) < 4.78 is 12.5. The number of aryl methyl sites for hydroxylation is 3. The lowest BCUT2D eigenvalue weighted by atomic mass is 9.81. The van der Waals surface area contributed by atoms with Crippen LogP contribution in [-0.2, 0) is 16.1 Å². The Morgan fingerprint density at radius 2 is 1.68 bits per heavy atom. The molecule has 0 amide bonds. The first-order chi connectivity index (χ1) is 18.8. The number of pyridine rings is 1. The topological polar surface area (TPSA) is 71.9 Å². The van der Waals surface area contributed by atoms with Crippen molar-refractivity contribution in [2.24, 2.45) is 5.41 Å². The average Bonchev–Trinajstić information content (AvgIpc) is 2.87. The van der Waals surface area contributed by atoms with E-state index in [4.69, 9.17) is 14.5 Å². The maximum absolute atomic E-state index is 12.7. The van der Waals surface area contributed by atoms with Crippen LogP contribution in [0.25, 0.3) is 11.1 Å². The molecule has 4 rings (SSSR count). The highest BCUT2D eigenvalue weighted by Gasteiger charge is 2.36. The van der Waals surface area contributed by atoms with Crippen molar-refractivity contribution < 1.29 is 19.4 Å². The number of rotatable bonds is 8. The van der Waals surface area contributed by atoms with Gasteiger partial charge in [-0.15, -0.1) is 0 Å². The molecule has 6 heteroatoms. The van der Waals surface area contributed by atoms with Crippen molar-refractivity contribution in [3.8, 4) is 16.9 Å². The van der Waals surface area contributed by atoms with Crippen molar-refractivity contribution in [3.63, 3.8) is 0 Å². The summed E-state index contributed by atoms with van der Waals surface area (Å²) >= 11 is 0. The van der Waals surface area contributed by atoms with Crippen molar-refractivity contribution in [1.82, 2.24) is 4.98 Å². The fourth-order valence-electron chi connectivity index (χ4n) is 5.40. The highest BCUT2D eigenvalue weighted by molar-refractivity contribution is 5.88. The number of anilines is 1. The van der Waals surface area contributed by atoms with Crippen LogP contribution in [0.15, 0.2) is 48.5 Å². The first-order valence-corrected chi connectivity index (χ1v) is 14.2. The minimum atomic E-state index is -1.14. The molecule has 0 unspecified atom stereocenters. The molecule has 0 saturated carbocycles. The summed E-state index contributed by atoms with van der Waals surface area (Å²) in [6.45, 7) is 18.4. The van der Waals surface area contributed by atoms with Gasteiger partial charge in [-0.3, -0.25) is 4.98 Å². The fraction of sp³-hybridized carbons (Fsp3) is 0.471. The van der Waals surface area contributed by atoms with E-state index in [1.54, 1.807) is 0 Å². The van der Waals surface area contributed by atoms with Crippen molar-refractivity contribution in [3.05, 3.63) is 76.6 Å². The van der Waals surface area contributed by atoms with Crippen LogP contribution in [0, 0.1) is 26.2 Å². The Balaban J connectivity index is 1.88. The Hall–Kier alpha value is -3.38. The number of aliphatic carboxylic acids is 1. The van der Waals surface area contributed by atoms with Crippen LogP contribution in [0.2, 0.25) is 0 Å². The summed E-state index contributed by atoms with van der Waals surface area (Å²) in [5.41, 5.74) is 6.72. The zero-order chi connectivity index (χ0) is 29.2. The van der Waals surface area contributed by atoms with Gasteiger partial charge in [0, 0.05) is 35.6 Å². The van der Waals surface area contributed by atoms with Gasteiger partial charge in [0.05, 0.1) is 11.3 Å². The Kier molecular flexibility index (Phi) is 8.60. The highest BCUT2D eigenvalue weighted by Crippen LogP contribution is 2.45. The van der Waals surface area contributed by atoms with Crippen molar-refractivity contribution in [2.75, 3.05) is 18.0 Å². The first kappa shape index (κ1) is 29.6. The second-order valence-corrected chi connectivity index (χ2v) is 12.8. The molecule has 1 atom stereocenters. The number of benzene rings is 2. The number of hydrogen-bond acceptors (Lipinski definition) is 5. The van der Waals surface area contributed by atoms with Crippen LogP contribution in [0.4, 0.5) is 5.69 Å². The van der Waals surface area contributed by atoms with Crippen LogP contribution < -0.4 is 9.64 Å². The molecule has 0 spiro atoms. The Bertz CT molecular complexity index is 1350. The molecule has 0 aliphatic carbocycles. The molecule has 1 fully saturated rings. The predicted octanol–water partition coefficient (Wildman–Crippen LogP) is 7.82. The van der Waals surface area contributed by atoms with Gasteiger partial charge in [0.2, 0.25) is 0 Å². The van der Waals surface area contributed by atoms with Gasteiger partial charge in [-0.2, -0.15) is 0 Å². The van der Waals surface area contributed by atoms with E-state index in [0.717, 1.165) is 65.3 Å². The van der Waals surface area contributed by atoms with E-state index < -0.39 is 17.7 Å². The fourth-order valence-corrected chi connectivity index (χ4v) is 5.40. The van der Waals surface area contributed by atoms with Crippen LogP contribution >= 0.6 is 0 Å². The van der Waals surface area contributed by atoms with E-state index in [-0.39, 0.29) is 5.41 Å². The molecule has 1 aliphatic rings. The lowest BCUT2D eigenvalue weighted by Gasteiger charge is -2.41. The zero-order valence-electron chi connectivity index (χ0n) is 25.3. The standard InChI is InChI=1S/C34H44N2O4/c1-22-14-15-26(20-27(22)39-21-25-12-10-9-11-13-25)28-23(2)35-24(3)29(31(32(37)38)40-33(4,5)6)30(28)36-18-16-34(7,8)17-19-36/h9-15,20,31H,16-19,21H2,1-8H3,(H,37,38)/t31-/m0/s1. The van der Waals surface area contributed by atoms with Gasteiger partial charge in [0.15, 0.2) is 6.10 Å². The third-order valence-corrected chi connectivity index (χ3v) is 7.68. The quantitative estimate of drug-likeness (QED) is 0.312. The van der Waals surface area contributed by atoms with E-state index in [2.05, 4.69) is 49.1 Å². The third-order valence-electron chi connectivity index (χ3n) is 7.68. The molecule has 2 heterocycles. The van der Waals surface area contributed by atoms with Crippen LogP contribution in [0.5, 0.6) is 5.75 Å². The van der Waals surface area contributed by atoms with Gasteiger partial charge in [-0.25, -0.2) is 4.79 Å². The van der Waals surface area contributed by atoms with Gasteiger partial charge < -0.3 is 19.5 Å². The van der Waals surface area contributed by atoms with Gasteiger partial charge >= 0.3 is 5.97 Å². The van der Waals surface area contributed by atoms with Crippen LogP contribution in [-0.4, -0.2) is 34.8 Å². The van der Waals surface area contributed by atoms with Crippen molar-refractivity contribution in [1.29, 1.82) is 0 Å². The van der Waals surface area contributed by atoms with E-state index in [9.17, 15) is 9.90 Å². The normalized spacial score (nSPS) is 16.1. The molecule has 3 aromatic rings. The molecule has 1 N–H and O–H groups in total. The van der Waals surface area contributed by atoms with Crippen molar-refractivity contribution in [2.45, 2.75) is 86.5 Å². The molecule has 2 aromatic carbocycles. The minimum Gasteiger partial charge on any atom is -0.489 e. The SMILES string of the molecule is Cc1ccc(-c2c(C)nc(C)c([C@H](OC(C)(C)C)C(=O)O)c2N2CCC(C)(C)CC2)cc1OCc1ccccc1. The molecular weight excluding hydrogens is 500 g/mol. The number of aromatic nitrogens is 1. The second-order valence-electron chi connectivity index (χ2n) is 12.8. The lowest BCUT2D eigenvalue weighted by molar-refractivity contribution is -0.160. The van der Waals surface area contributed by atoms with E-state index in [1.165, 1.54) is 0 Å². The molecule has 1 saturated heterocycles. The number of nitrogens with zero attached hydrogens (tertiary/aromatic N) is 2. The maximum atomic E-state index is 12.7. The number of carboxylic acid groups (broad SMARTS) is 1. The van der Waals surface area contributed by atoms with E-state index >= 15 is 0 Å². The molecule has 0 bridgehead atoms. The van der Waals surface area contributed by atoms with Gasteiger partial charge in [-0.05, 0) is 82.6 Å². The number of carbonyl (C=O) groups is 1. The summed E-state index contributed by atoms with van der Waals surface area (Å²) in [7, 11) is 0. The number of hydrogen-bond donors (Lipinski definition) is 1. The molecule has 1 aliphatic heterocycles. The maximum Gasteiger partial charge on any atom is 0.337 e. The van der Waals surface area contributed by atoms with Gasteiger partial charge in [-0.1, -0.05) is 56.3 Å². The summed E-state index contributed by atoms with van der Waals surface area (Å²) in [4.78, 5) is 20.0. The highest BCUT2D eigenvalue weighted by atomic mass is 16.5. The molecule has 40 heavy (non-hydrogen) atoms. The van der Waals surface area contributed by atoms with Crippen LogP contribution in [0.3, 0.4) is 0 Å². The van der Waals surface area contributed by atoms with Gasteiger partial charge in [0.1, 0.15) is 12.4 Å². The zero-order valence-corrected chi connectivity index (χ0v) is 25.3. The second kappa shape index (κ2) is 11.6. The molecular formula is C34H44N2O4. The van der Waals surface area contributed by atoms with Gasteiger partial charge in [0.25, 0.3) is 0 Å². The Morgan fingerprint density at radius 1 is 1.02 bits per heavy atom. The number of ether oxygens (including phenoxy) is 2.